The van der Waals surface area contributed by atoms with Crippen LogP contribution in [0.3, 0.4) is 0 Å². The molecule has 0 heterocycles. The van der Waals surface area contributed by atoms with Crippen LogP contribution < -0.4 is 4.74 Å². The van der Waals surface area contributed by atoms with Crippen molar-refractivity contribution in [3.8, 4) is 16.9 Å². The van der Waals surface area contributed by atoms with Crippen molar-refractivity contribution < 1.29 is 14.6 Å². The fourth-order valence-electron chi connectivity index (χ4n) is 2.17. The first-order valence-corrected chi connectivity index (χ1v) is 6.02. The lowest BCUT2D eigenvalue weighted by Gasteiger charge is -2.12. The highest BCUT2D eigenvalue weighted by molar-refractivity contribution is 5.90. The van der Waals surface area contributed by atoms with Crippen LogP contribution in [0.15, 0.2) is 36.4 Å². The van der Waals surface area contributed by atoms with E-state index >= 15 is 0 Å². The second kappa shape index (κ2) is 5.14. The summed E-state index contributed by atoms with van der Waals surface area (Å²) in [5.74, 6) is -0.259. The number of aromatic carboxylic acids is 1. The van der Waals surface area contributed by atoms with E-state index in [-0.39, 0.29) is 5.56 Å². The van der Waals surface area contributed by atoms with E-state index in [1.54, 1.807) is 25.3 Å². The zero-order chi connectivity index (χ0) is 14.0. The highest BCUT2D eigenvalue weighted by atomic mass is 16.5. The highest BCUT2D eigenvalue weighted by Gasteiger charge is 2.12. The summed E-state index contributed by atoms with van der Waals surface area (Å²) in [7, 11) is 1.59. The summed E-state index contributed by atoms with van der Waals surface area (Å²) in [4.78, 5) is 11.1. The molecule has 19 heavy (non-hydrogen) atoms. The van der Waals surface area contributed by atoms with Crippen LogP contribution >= 0.6 is 0 Å². The summed E-state index contributed by atoms with van der Waals surface area (Å²) in [5, 5.41) is 9.09. The molecule has 0 atom stereocenters. The number of carboxylic acid groups (broad SMARTS) is 1. The van der Waals surface area contributed by atoms with Gasteiger partial charge in [0.25, 0.3) is 0 Å². The third-order valence-electron chi connectivity index (χ3n) is 3.12. The predicted octanol–water partition coefficient (Wildman–Crippen LogP) is 3.68. The molecule has 2 rings (SSSR count). The number of hydrogen-bond acceptors (Lipinski definition) is 2. The third-order valence-corrected chi connectivity index (χ3v) is 3.12. The molecular formula is C16H16O3. The zero-order valence-corrected chi connectivity index (χ0v) is 11.2. The van der Waals surface area contributed by atoms with Gasteiger partial charge in [0.15, 0.2) is 0 Å². The van der Waals surface area contributed by atoms with Crippen LogP contribution in [0.25, 0.3) is 11.1 Å². The molecule has 0 aliphatic heterocycles. The molecule has 3 nitrogen and oxygen atoms in total. The van der Waals surface area contributed by atoms with Gasteiger partial charge in [-0.05, 0) is 43.2 Å². The summed E-state index contributed by atoms with van der Waals surface area (Å²) < 4.78 is 5.33. The first-order valence-electron chi connectivity index (χ1n) is 6.02. The molecule has 2 aromatic rings. The number of aryl methyl sites for hydroxylation is 2. The zero-order valence-electron chi connectivity index (χ0n) is 11.2. The van der Waals surface area contributed by atoms with Crippen molar-refractivity contribution in [3.63, 3.8) is 0 Å². The van der Waals surface area contributed by atoms with Crippen molar-refractivity contribution in [1.29, 1.82) is 0 Å². The number of carboxylic acids is 1. The fraction of sp³-hybridized carbons (Fsp3) is 0.188. The van der Waals surface area contributed by atoms with Gasteiger partial charge in [-0.2, -0.15) is 0 Å². The number of benzene rings is 2. The van der Waals surface area contributed by atoms with Crippen LogP contribution in [0, 0.1) is 13.8 Å². The maximum Gasteiger partial charge on any atom is 0.335 e. The Kier molecular flexibility index (Phi) is 3.56. The van der Waals surface area contributed by atoms with Gasteiger partial charge in [0, 0.05) is 5.56 Å². The molecule has 3 heteroatoms. The molecule has 0 aliphatic carbocycles. The lowest BCUT2D eigenvalue weighted by Crippen LogP contribution is -1.98. The molecule has 0 amide bonds. The molecule has 0 spiro atoms. The average molecular weight is 256 g/mol. The van der Waals surface area contributed by atoms with Crippen molar-refractivity contribution in [3.05, 3.63) is 53.1 Å². The maximum absolute atomic E-state index is 11.1. The van der Waals surface area contributed by atoms with Gasteiger partial charge in [0.1, 0.15) is 5.75 Å². The predicted molar refractivity (Wildman–Crippen MR) is 74.9 cm³/mol. The summed E-state index contributed by atoms with van der Waals surface area (Å²) in [5.41, 5.74) is 4.33. The van der Waals surface area contributed by atoms with Crippen molar-refractivity contribution in [2.45, 2.75) is 13.8 Å². The molecule has 0 fully saturated rings. The van der Waals surface area contributed by atoms with Crippen molar-refractivity contribution >= 4 is 5.97 Å². The van der Waals surface area contributed by atoms with Crippen LogP contribution in [0.2, 0.25) is 0 Å². The summed E-state index contributed by atoms with van der Waals surface area (Å²) in [6.45, 7) is 4.04. The maximum atomic E-state index is 11.1. The monoisotopic (exact) mass is 256 g/mol. The van der Waals surface area contributed by atoms with Crippen LogP contribution in [0.1, 0.15) is 21.5 Å². The van der Waals surface area contributed by atoms with E-state index in [4.69, 9.17) is 9.84 Å². The molecule has 0 aromatic heterocycles. The van der Waals surface area contributed by atoms with E-state index in [1.165, 1.54) is 5.56 Å². The van der Waals surface area contributed by atoms with Gasteiger partial charge in [0.05, 0.1) is 12.7 Å². The van der Waals surface area contributed by atoms with Gasteiger partial charge < -0.3 is 9.84 Å². The Balaban J connectivity index is 2.64. The Morgan fingerprint density at radius 1 is 1.05 bits per heavy atom. The Bertz CT molecular complexity index is 630. The average Bonchev–Trinajstić information content (AvgIpc) is 2.38. The van der Waals surface area contributed by atoms with Crippen LogP contribution in [-0.4, -0.2) is 18.2 Å². The van der Waals surface area contributed by atoms with E-state index in [2.05, 4.69) is 6.07 Å². The standard InChI is InChI=1S/C16H16O3/c1-10-4-6-13(11(2)8-10)14-9-12(16(17)18)5-7-15(14)19-3/h4-9H,1-3H3,(H,17,18). The Morgan fingerprint density at radius 2 is 1.79 bits per heavy atom. The lowest BCUT2D eigenvalue weighted by molar-refractivity contribution is 0.0697. The summed E-state index contributed by atoms with van der Waals surface area (Å²) in [6, 6.07) is 11.0. The van der Waals surface area contributed by atoms with E-state index < -0.39 is 5.97 Å². The molecular weight excluding hydrogens is 240 g/mol. The first kappa shape index (κ1) is 13.1. The summed E-state index contributed by atoms with van der Waals surface area (Å²) >= 11 is 0. The molecule has 2 aromatic carbocycles. The molecule has 0 bridgehead atoms. The molecule has 0 saturated heterocycles. The topological polar surface area (TPSA) is 46.5 Å². The Hall–Kier alpha value is -2.29. The minimum absolute atomic E-state index is 0.260. The van der Waals surface area contributed by atoms with Crippen LogP contribution in [0.4, 0.5) is 0 Å². The Labute approximate surface area is 112 Å². The lowest BCUT2D eigenvalue weighted by atomic mass is 9.96. The van der Waals surface area contributed by atoms with Gasteiger partial charge in [-0.3, -0.25) is 0 Å². The number of methoxy groups -OCH3 is 1. The first-order chi connectivity index (χ1) is 9.02. The summed E-state index contributed by atoms with van der Waals surface area (Å²) in [6.07, 6.45) is 0. The minimum atomic E-state index is -0.936. The molecule has 0 saturated carbocycles. The van der Waals surface area contributed by atoms with E-state index in [1.807, 2.05) is 26.0 Å². The highest BCUT2D eigenvalue weighted by Crippen LogP contribution is 2.33. The number of ether oxygens (including phenoxy) is 1. The van der Waals surface area contributed by atoms with Crippen molar-refractivity contribution in [2.75, 3.05) is 7.11 Å². The SMILES string of the molecule is COc1ccc(C(=O)O)cc1-c1ccc(C)cc1C. The molecule has 0 unspecified atom stereocenters. The smallest absolute Gasteiger partial charge is 0.335 e. The molecule has 98 valence electrons. The van der Waals surface area contributed by atoms with E-state index in [0.717, 1.165) is 16.7 Å². The fourth-order valence-corrected chi connectivity index (χ4v) is 2.17. The largest absolute Gasteiger partial charge is 0.496 e. The second-order valence-corrected chi connectivity index (χ2v) is 4.54. The van der Waals surface area contributed by atoms with Crippen molar-refractivity contribution in [1.82, 2.24) is 0 Å². The minimum Gasteiger partial charge on any atom is -0.496 e. The van der Waals surface area contributed by atoms with Gasteiger partial charge in [-0.15, -0.1) is 0 Å². The van der Waals surface area contributed by atoms with Crippen LogP contribution in [0.5, 0.6) is 5.75 Å². The molecule has 0 aliphatic rings. The number of hydrogen-bond donors (Lipinski definition) is 1. The van der Waals surface area contributed by atoms with Gasteiger partial charge in [-0.25, -0.2) is 4.79 Å². The van der Waals surface area contributed by atoms with E-state index in [0.29, 0.717) is 5.75 Å². The van der Waals surface area contributed by atoms with Gasteiger partial charge in [0.2, 0.25) is 0 Å². The molecule has 1 N–H and O–H groups in total. The number of rotatable bonds is 3. The number of carbonyl (C=O) groups is 1. The van der Waals surface area contributed by atoms with Gasteiger partial charge in [-0.1, -0.05) is 23.8 Å². The third kappa shape index (κ3) is 2.60. The van der Waals surface area contributed by atoms with Crippen LogP contribution in [-0.2, 0) is 0 Å². The van der Waals surface area contributed by atoms with E-state index in [9.17, 15) is 4.79 Å². The second-order valence-electron chi connectivity index (χ2n) is 4.54. The van der Waals surface area contributed by atoms with Gasteiger partial charge >= 0.3 is 5.97 Å². The normalized spacial score (nSPS) is 10.3. The Morgan fingerprint density at radius 3 is 2.37 bits per heavy atom. The van der Waals surface area contributed by atoms with Crippen molar-refractivity contribution in [2.24, 2.45) is 0 Å². The quantitative estimate of drug-likeness (QED) is 0.911. The molecule has 0 radical (unpaired) electrons.